The summed E-state index contributed by atoms with van der Waals surface area (Å²) in [7, 11) is 3.83. The van der Waals surface area contributed by atoms with Gasteiger partial charge in [0.15, 0.2) is 0 Å². The van der Waals surface area contributed by atoms with Crippen LogP contribution in [0.4, 0.5) is 0 Å². The molecule has 0 aliphatic rings. The zero-order chi connectivity index (χ0) is 21.1. The Morgan fingerprint density at radius 1 is 0.867 bits per heavy atom. The molecule has 0 radical (unpaired) electrons. The Hall–Kier alpha value is -2.97. The van der Waals surface area contributed by atoms with Gasteiger partial charge in [0.25, 0.3) is 0 Å². The molecule has 2 nitrogen and oxygen atoms in total. The molecule has 0 atom stereocenters. The summed E-state index contributed by atoms with van der Waals surface area (Å²) in [6.07, 6.45) is 4.11. The fraction of sp³-hybridized carbons (Fsp3) is 0.185. The van der Waals surface area contributed by atoms with Gasteiger partial charge in [0.05, 0.1) is 12.8 Å². The van der Waals surface area contributed by atoms with Crippen LogP contribution < -0.4 is 4.74 Å². The van der Waals surface area contributed by atoms with Gasteiger partial charge in [0, 0.05) is 23.8 Å². The van der Waals surface area contributed by atoms with Crippen molar-refractivity contribution in [3.05, 3.63) is 101 Å². The maximum absolute atomic E-state index is 6.18. The molecule has 30 heavy (non-hydrogen) atoms. The lowest BCUT2D eigenvalue weighted by molar-refractivity contribution is 0.414. The predicted molar refractivity (Wildman–Crippen MR) is 126 cm³/mol. The van der Waals surface area contributed by atoms with Crippen LogP contribution in [0.3, 0.4) is 0 Å². The van der Waals surface area contributed by atoms with Gasteiger partial charge >= 0.3 is 0 Å². The average Bonchev–Trinajstić information content (AvgIpc) is 3.10. The summed E-state index contributed by atoms with van der Waals surface area (Å²) in [6.45, 7) is 2.18. The van der Waals surface area contributed by atoms with Gasteiger partial charge in [-0.05, 0) is 64.9 Å². The third-order valence-electron chi connectivity index (χ3n) is 5.56. The fourth-order valence-corrected chi connectivity index (χ4v) is 4.14. The first kappa shape index (κ1) is 20.3. The highest BCUT2D eigenvalue weighted by molar-refractivity contribution is 6.30. The van der Waals surface area contributed by atoms with Gasteiger partial charge in [-0.1, -0.05) is 67.1 Å². The van der Waals surface area contributed by atoms with Crippen molar-refractivity contribution < 1.29 is 4.74 Å². The normalized spacial score (nSPS) is 10.9. The lowest BCUT2D eigenvalue weighted by Gasteiger charge is -2.12. The van der Waals surface area contributed by atoms with Crippen LogP contribution in [0.25, 0.3) is 22.4 Å². The first-order valence-corrected chi connectivity index (χ1v) is 10.6. The van der Waals surface area contributed by atoms with E-state index in [2.05, 4.69) is 73.3 Å². The lowest BCUT2D eigenvalue weighted by Crippen LogP contribution is -1.93. The fourth-order valence-electron chi connectivity index (χ4n) is 4.01. The Morgan fingerprint density at radius 2 is 1.57 bits per heavy atom. The van der Waals surface area contributed by atoms with E-state index in [4.69, 9.17) is 16.3 Å². The summed E-state index contributed by atoms with van der Waals surface area (Å²) in [4.78, 5) is 0. The van der Waals surface area contributed by atoms with Crippen LogP contribution in [0.15, 0.2) is 79.0 Å². The summed E-state index contributed by atoms with van der Waals surface area (Å²) in [5.41, 5.74) is 8.71. The van der Waals surface area contributed by atoms with Gasteiger partial charge in [0.1, 0.15) is 5.75 Å². The average molecular weight is 416 g/mol. The Balaban J connectivity index is 1.86. The summed E-state index contributed by atoms with van der Waals surface area (Å²) in [5.74, 6) is 0.881. The molecule has 0 amide bonds. The minimum absolute atomic E-state index is 0.748. The molecule has 1 heterocycles. The van der Waals surface area contributed by atoms with Crippen LogP contribution in [0.2, 0.25) is 5.02 Å². The lowest BCUT2D eigenvalue weighted by atomic mass is 9.94. The van der Waals surface area contributed by atoms with E-state index in [1.165, 1.54) is 39.1 Å². The molecule has 152 valence electrons. The summed E-state index contributed by atoms with van der Waals surface area (Å²) in [6, 6.07) is 25.3. The van der Waals surface area contributed by atoms with E-state index < -0.39 is 0 Å². The number of rotatable bonds is 6. The second-order valence-corrected chi connectivity index (χ2v) is 8.01. The van der Waals surface area contributed by atoms with Gasteiger partial charge in [-0.15, -0.1) is 0 Å². The molecular formula is C27H26ClNO. The summed E-state index contributed by atoms with van der Waals surface area (Å²) in [5, 5.41) is 0.748. The van der Waals surface area contributed by atoms with Crippen molar-refractivity contribution in [1.29, 1.82) is 0 Å². The topological polar surface area (TPSA) is 14.2 Å². The summed E-state index contributed by atoms with van der Waals surface area (Å²) < 4.78 is 7.66. The number of nitrogens with zero attached hydrogens (tertiary/aromatic N) is 1. The molecule has 0 saturated heterocycles. The molecule has 0 bridgehead atoms. The zero-order valence-electron chi connectivity index (χ0n) is 17.7. The molecule has 3 heteroatoms. The number of aryl methyl sites for hydroxylation is 2. The van der Waals surface area contributed by atoms with Crippen molar-refractivity contribution in [3.63, 3.8) is 0 Å². The van der Waals surface area contributed by atoms with Crippen LogP contribution in [0.1, 0.15) is 23.6 Å². The third-order valence-corrected chi connectivity index (χ3v) is 5.81. The Bertz CT molecular complexity index is 1140. The van der Waals surface area contributed by atoms with E-state index in [0.29, 0.717) is 0 Å². The maximum Gasteiger partial charge on any atom is 0.119 e. The molecule has 0 spiro atoms. The van der Waals surface area contributed by atoms with Gasteiger partial charge in [-0.3, -0.25) is 0 Å². The van der Waals surface area contributed by atoms with Crippen molar-refractivity contribution in [2.45, 2.75) is 19.8 Å². The van der Waals surface area contributed by atoms with Crippen molar-refractivity contribution in [2.24, 2.45) is 7.05 Å². The molecule has 0 fully saturated rings. The largest absolute Gasteiger partial charge is 0.497 e. The Kier molecular flexibility index (Phi) is 5.96. The molecule has 0 unspecified atom stereocenters. The minimum atomic E-state index is 0.748. The third kappa shape index (κ3) is 4.15. The van der Waals surface area contributed by atoms with Gasteiger partial charge in [-0.2, -0.15) is 0 Å². The minimum Gasteiger partial charge on any atom is -0.497 e. The molecule has 0 aliphatic carbocycles. The van der Waals surface area contributed by atoms with Gasteiger partial charge in [-0.25, -0.2) is 0 Å². The number of aromatic nitrogens is 1. The van der Waals surface area contributed by atoms with Crippen LogP contribution >= 0.6 is 11.6 Å². The van der Waals surface area contributed by atoms with Gasteiger partial charge in [0.2, 0.25) is 0 Å². The molecule has 0 aliphatic heterocycles. The first-order chi connectivity index (χ1) is 14.6. The highest BCUT2D eigenvalue weighted by Crippen LogP contribution is 2.38. The maximum atomic E-state index is 6.18. The number of methoxy groups -OCH3 is 1. The number of halogens is 1. The van der Waals surface area contributed by atoms with Crippen LogP contribution in [-0.4, -0.2) is 11.7 Å². The molecule has 0 saturated carbocycles. The Morgan fingerprint density at radius 3 is 2.23 bits per heavy atom. The van der Waals surface area contributed by atoms with Crippen molar-refractivity contribution >= 4 is 11.6 Å². The van der Waals surface area contributed by atoms with Crippen molar-refractivity contribution in [2.75, 3.05) is 7.11 Å². The summed E-state index contributed by atoms with van der Waals surface area (Å²) >= 11 is 6.18. The van der Waals surface area contributed by atoms with E-state index in [9.17, 15) is 0 Å². The molecule has 4 aromatic rings. The van der Waals surface area contributed by atoms with Gasteiger partial charge < -0.3 is 9.30 Å². The van der Waals surface area contributed by atoms with Crippen LogP contribution in [-0.2, 0) is 19.9 Å². The molecule has 4 rings (SSSR count). The second-order valence-electron chi connectivity index (χ2n) is 7.57. The van der Waals surface area contributed by atoms with Crippen molar-refractivity contribution in [1.82, 2.24) is 4.57 Å². The van der Waals surface area contributed by atoms with E-state index in [1.54, 1.807) is 7.11 Å². The first-order valence-electron chi connectivity index (χ1n) is 10.3. The number of benzene rings is 3. The zero-order valence-corrected chi connectivity index (χ0v) is 18.4. The number of hydrogen-bond donors (Lipinski definition) is 0. The molecular weight excluding hydrogens is 390 g/mol. The highest BCUT2D eigenvalue weighted by atomic mass is 35.5. The van der Waals surface area contributed by atoms with E-state index in [-0.39, 0.29) is 0 Å². The van der Waals surface area contributed by atoms with E-state index in [0.717, 1.165) is 23.6 Å². The standard InChI is InChI=1S/C27H26ClNO/c1-4-19-8-10-22(11-9-19)27-26(21-12-14-24(28)15-13-21)23(18-29(27)2)16-20-6-5-7-25(17-20)30-3/h5-15,17-18H,4,16H2,1-3H3. The van der Waals surface area contributed by atoms with Crippen LogP contribution in [0.5, 0.6) is 5.75 Å². The predicted octanol–water partition coefficient (Wildman–Crippen LogP) is 7.17. The molecule has 0 N–H and O–H groups in total. The van der Waals surface area contributed by atoms with Crippen molar-refractivity contribution in [3.8, 4) is 28.1 Å². The quantitative estimate of drug-likeness (QED) is 0.325. The second kappa shape index (κ2) is 8.81. The number of hydrogen-bond acceptors (Lipinski definition) is 1. The van der Waals surface area contributed by atoms with E-state index in [1.807, 2.05) is 24.3 Å². The Labute approximate surface area is 183 Å². The number of ether oxygens (including phenoxy) is 1. The van der Waals surface area contributed by atoms with Crippen LogP contribution in [0, 0.1) is 0 Å². The SMILES string of the molecule is CCc1ccc(-c2c(-c3ccc(Cl)cc3)c(Cc3cccc(OC)c3)cn2C)cc1. The highest BCUT2D eigenvalue weighted by Gasteiger charge is 2.18. The van der Waals surface area contributed by atoms with E-state index >= 15 is 0 Å². The molecule has 3 aromatic carbocycles. The smallest absolute Gasteiger partial charge is 0.119 e. The monoisotopic (exact) mass is 415 g/mol. The molecule has 1 aromatic heterocycles.